The Bertz CT molecular complexity index is 1820. The highest BCUT2D eigenvalue weighted by molar-refractivity contribution is 6.30. The number of benzene rings is 4. The van der Waals surface area contributed by atoms with Crippen molar-refractivity contribution >= 4 is 40.8 Å². The Morgan fingerprint density at radius 1 is 0.929 bits per heavy atom. The highest BCUT2D eigenvalue weighted by atomic mass is 35.5. The first-order chi connectivity index (χ1) is 20.4. The average Bonchev–Trinajstić information content (AvgIpc) is 3.49. The van der Waals surface area contributed by atoms with E-state index in [2.05, 4.69) is 5.32 Å². The lowest BCUT2D eigenvalue weighted by Gasteiger charge is -2.38. The van der Waals surface area contributed by atoms with Crippen molar-refractivity contribution in [3.8, 4) is 5.75 Å². The smallest absolute Gasteiger partial charge is 0.238 e. The maximum Gasteiger partial charge on any atom is 0.238 e. The van der Waals surface area contributed by atoms with Crippen LogP contribution in [0.1, 0.15) is 43.4 Å². The number of hydrogen-bond acceptors (Lipinski definition) is 5. The number of nitrogens with one attached hydrogen (secondary N) is 1. The first-order valence-electron chi connectivity index (χ1n) is 13.5. The lowest BCUT2D eigenvalue weighted by molar-refractivity contribution is -0.122. The van der Waals surface area contributed by atoms with Gasteiger partial charge in [-0.15, -0.1) is 0 Å². The van der Waals surface area contributed by atoms with Gasteiger partial charge < -0.3 is 15.0 Å². The van der Waals surface area contributed by atoms with Crippen molar-refractivity contribution in [2.75, 3.05) is 12.4 Å². The molecule has 0 aromatic heterocycles. The molecular weight excluding hydrogens is 555 g/mol. The maximum absolute atomic E-state index is 15.0. The fraction of sp³-hybridized carbons (Fsp3) is 0.147. The van der Waals surface area contributed by atoms with Crippen molar-refractivity contribution in [2.45, 2.75) is 17.5 Å². The summed E-state index contributed by atoms with van der Waals surface area (Å²) in [6.07, 6.45) is 3.68. The number of halogens is 2. The third-order valence-corrected chi connectivity index (χ3v) is 8.94. The molecule has 0 bridgehead atoms. The molecule has 6 nitrogen and oxygen atoms in total. The minimum atomic E-state index is -1.50. The van der Waals surface area contributed by atoms with Crippen LogP contribution >= 0.6 is 11.6 Å². The molecule has 1 N–H and O–H groups in total. The minimum absolute atomic E-state index is 0.0142. The number of anilines is 1. The third-order valence-electron chi connectivity index (χ3n) is 8.69. The molecular formula is C34H24ClFN2O4. The van der Waals surface area contributed by atoms with Crippen LogP contribution in [0.5, 0.6) is 5.75 Å². The van der Waals surface area contributed by atoms with Gasteiger partial charge in [0.25, 0.3) is 0 Å². The molecule has 3 aliphatic heterocycles. The summed E-state index contributed by atoms with van der Waals surface area (Å²) < 4.78 is 20.0. The molecule has 1 spiro atoms. The maximum atomic E-state index is 15.0. The van der Waals surface area contributed by atoms with E-state index < -0.39 is 35.0 Å². The van der Waals surface area contributed by atoms with Gasteiger partial charge in [0, 0.05) is 28.0 Å². The normalized spacial score (nSPS) is 23.3. The summed E-state index contributed by atoms with van der Waals surface area (Å²) in [5, 5.41) is 3.46. The van der Waals surface area contributed by atoms with E-state index in [9.17, 15) is 18.8 Å². The van der Waals surface area contributed by atoms with Gasteiger partial charge in [-0.2, -0.15) is 0 Å². The molecule has 8 heteroatoms. The SMILES string of the molecule is COc1ccc(C(=O)[C@H]2[C@H](C(=O)c3ccc(Cl)cc3)N3C=Cc4ccccc4[C@@H]3[C@]23C(=O)Nc2ccccc23)cc1F. The van der Waals surface area contributed by atoms with Gasteiger partial charge in [0.05, 0.1) is 19.1 Å². The number of nitrogens with zero attached hydrogens (tertiary/aromatic N) is 1. The summed E-state index contributed by atoms with van der Waals surface area (Å²) in [4.78, 5) is 45.5. The third kappa shape index (κ3) is 3.59. The first kappa shape index (κ1) is 26.2. The second kappa shape index (κ2) is 9.67. The van der Waals surface area contributed by atoms with Gasteiger partial charge in [0.2, 0.25) is 5.91 Å². The van der Waals surface area contributed by atoms with Crippen LogP contribution in [0.3, 0.4) is 0 Å². The molecule has 4 aromatic carbocycles. The topological polar surface area (TPSA) is 75.7 Å². The number of carbonyl (C=O) groups is 3. The monoisotopic (exact) mass is 578 g/mol. The summed E-state index contributed by atoms with van der Waals surface area (Å²) in [6, 6.07) is 23.6. The van der Waals surface area contributed by atoms with E-state index in [1.54, 1.807) is 36.5 Å². The van der Waals surface area contributed by atoms with Crippen molar-refractivity contribution in [3.05, 3.63) is 136 Å². The minimum Gasteiger partial charge on any atom is -0.494 e. The van der Waals surface area contributed by atoms with Crippen LogP contribution in [0.25, 0.3) is 6.08 Å². The number of carbonyl (C=O) groups excluding carboxylic acids is 3. The van der Waals surface area contributed by atoms with E-state index in [4.69, 9.17) is 16.3 Å². The molecule has 3 heterocycles. The van der Waals surface area contributed by atoms with Crippen LogP contribution in [-0.4, -0.2) is 35.5 Å². The number of methoxy groups -OCH3 is 1. The predicted molar refractivity (Wildman–Crippen MR) is 157 cm³/mol. The Hall–Kier alpha value is -4.75. The quantitative estimate of drug-likeness (QED) is 0.275. The molecule has 42 heavy (non-hydrogen) atoms. The molecule has 0 aliphatic carbocycles. The second-order valence-corrected chi connectivity index (χ2v) is 11.1. The van der Waals surface area contributed by atoms with Crippen LogP contribution in [0.15, 0.2) is 97.2 Å². The number of Topliss-reactive ketones (excluding diaryl/α,β-unsaturated/α-hetero) is 2. The largest absolute Gasteiger partial charge is 0.494 e. The van der Waals surface area contributed by atoms with Crippen LogP contribution in [0.4, 0.5) is 10.1 Å². The van der Waals surface area contributed by atoms with Crippen LogP contribution < -0.4 is 10.1 Å². The van der Waals surface area contributed by atoms with Gasteiger partial charge in [-0.25, -0.2) is 4.39 Å². The summed E-state index contributed by atoms with van der Waals surface area (Å²) in [6.45, 7) is 0. The van der Waals surface area contributed by atoms with Gasteiger partial charge in [0.15, 0.2) is 23.1 Å². The van der Waals surface area contributed by atoms with Gasteiger partial charge >= 0.3 is 0 Å². The fourth-order valence-corrected chi connectivity index (χ4v) is 7.08. The van der Waals surface area contributed by atoms with Gasteiger partial charge in [-0.05, 0) is 71.3 Å². The lowest BCUT2D eigenvalue weighted by atomic mass is 9.62. The summed E-state index contributed by atoms with van der Waals surface area (Å²) in [7, 11) is 1.34. The van der Waals surface area contributed by atoms with Crippen molar-refractivity contribution in [2.24, 2.45) is 5.92 Å². The zero-order valence-electron chi connectivity index (χ0n) is 22.4. The van der Waals surface area contributed by atoms with Crippen LogP contribution in [0.2, 0.25) is 5.02 Å². The molecule has 1 amide bonds. The Morgan fingerprint density at radius 3 is 2.40 bits per heavy atom. The Morgan fingerprint density at radius 2 is 1.64 bits per heavy atom. The zero-order valence-corrected chi connectivity index (χ0v) is 23.1. The molecule has 4 aromatic rings. The number of amides is 1. The van der Waals surface area contributed by atoms with Crippen LogP contribution in [0, 0.1) is 11.7 Å². The van der Waals surface area contributed by atoms with E-state index in [1.807, 2.05) is 53.4 Å². The molecule has 1 fully saturated rings. The molecule has 4 atom stereocenters. The number of ether oxygens (including phenoxy) is 1. The van der Waals surface area contributed by atoms with Crippen molar-refractivity contribution < 1.29 is 23.5 Å². The van der Waals surface area contributed by atoms with Crippen molar-refractivity contribution in [1.29, 1.82) is 0 Å². The number of para-hydroxylation sites is 1. The number of fused-ring (bicyclic) bond motifs is 6. The average molecular weight is 579 g/mol. The fourth-order valence-electron chi connectivity index (χ4n) is 6.95. The summed E-state index contributed by atoms with van der Waals surface area (Å²) in [5.41, 5.74) is 1.78. The van der Waals surface area contributed by atoms with Gasteiger partial charge in [0.1, 0.15) is 11.5 Å². The van der Waals surface area contributed by atoms with E-state index >= 15 is 0 Å². The Kier molecular flexibility index (Phi) is 6.02. The second-order valence-electron chi connectivity index (χ2n) is 10.7. The zero-order chi connectivity index (χ0) is 29.2. The molecule has 0 unspecified atom stereocenters. The van der Waals surface area contributed by atoms with E-state index in [1.165, 1.54) is 19.2 Å². The Balaban J connectivity index is 1.52. The summed E-state index contributed by atoms with van der Waals surface area (Å²) >= 11 is 6.13. The van der Waals surface area contributed by atoms with Gasteiger partial charge in [-0.3, -0.25) is 14.4 Å². The number of hydrogen-bond donors (Lipinski definition) is 1. The summed E-state index contributed by atoms with van der Waals surface area (Å²) in [5.74, 6) is -3.19. The van der Waals surface area contributed by atoms with Crippen molar-refractivity contribution in [3.63, 3.8) is 0 Å². The number of rotatable bonds is 5. The molecule has 3 aliphatic rings. The van der Waals surface area contributed by atoms with Crippen LogP contribution in [-0.2, 0) is 10.2 Å². The van der Waals surface area contributed by atoms with E-state index in [0.717, 1.165) is 17.2 Å². The van der Waals surface area contributed by atoms with Gasteiger partial charge in [-0.1, -0.05) is 54.1 Å². The first-order valence-corrected chi connectivity index (χ1v) is 13.9. The predicted octanol–water partition coefficient (Wildman–Crippen LogP) is 6.47. The molecule has 0 saturated carbocycles. The van der Waals surface area contributed by atoms with Crippen molar-refractivity contribution in [1.82, 2.24) is 4.90 Å². The molecule has 1 saturated heterocycles. The highest BCUT2D eigenvalue weighted by Gasteiger charge is 2.70. The molecule has 7 rings (SSSR count). The number of ketones is 2. The lowest BCUT2D eigenvalue weighted by Crippen LogP contribution is -2.49. The standard InChI is InChI=1S/C34H24ClFN2O4/c1-42-27-15-12-21(18-25(27)36)30(39)28-29(31(40)20-10-13-22(35)14-11-20)38-17-16-19-6-2-3-7-23(19)32(38)34(28)24-8-4-5-9-26(24)37-33(34)41/h2-18,28-29,32H,1H3,(H,37,41)/t28-,29-,32-,34-/m1/s1. The Labute approximate surface area is 246 Å². The van der Waals surface area contributed by atoms with E-state index in [0.29, 0.717) is 21.8 Å². The molecule has 208 valence electrons. The van der Waals surface area contributed by atoms with E-state index in [-0.39, 0.29) is 23.0 Å². The highest BCUT2D eigenvalue weighted by Crippen LogP contribution is 2.62. The molecule has 0 radical (unpaired) electrons.